The predicted octanol–water partition coefficient (Wildman–Crippen LogP) is 6.62. The van der Waals surface area contributed by atoms with Gasteiger partial charge in [-0.05, 0) is 63.0 Å². The number of terminal acetylenes is 1. The highest BCUT2D eigenvalue weighted by atomic mass is 32.1. The van der Waals surface area contributed by atoms with Crippen LogP contribution in [0.5, 0.6) is 0 Å². The van der Waals surface area contributed by atoms with Crippen molar-refractivity contribution in [2.45, 2.75) is 58.3 Å². The van der Waals surface area contributed by atoms with Crippen LogP contribution in [0.3, 0.4) is 0 Å². The molecule has 0 aliphatic carbocycles. The molecule has 1 rings (SSSR count). The van der Waals surface area contributed by atoms with Gasteiger partial charge in [0.15, 0.2) is 0 Å². The van der Waals surface area contributed by atoms with Gasteiger partial charge in [-0.2, -0.15) is 12.6 Å². The summed E-state index contributed by atoms with van der Waals surface area (Å²) in [6, 6.07) is 8.23. The van der Waals surface area contributed by atoms with E-state index < -0.39 is 0 Å². The molecule has 0 N–H and O–H groups in total. The van der Waals surface area contributed by atoms with E-state index in [1.54, 1.807) is 6.26 Å². The second kappa shape index (κ2) is 14.2. The minimum absolute atomic E-state index is 0.944. The summed E-state index contributed by atoms with van der Waals surface area (Å²) in [5.74, 6) is 2.65. The topological polar surface area (TPSA) is 0 Å². The van der Waals surface area contributed by atoms with Crippen LogP contribution in [-0.2, 0) is 6.42 Å². The molecule has 1 heteroatoms. The van der Waals surface area contributed by atoms with Gasteiger partial charge in [-0.25, -0.2) is 0 Å². The van der Waals surface area contributed by atoms with Crippen LogP contribution in [0.1, 0.15) is 63.0 Å². The summed E-state index contributed by atoms with van der Waals surface area (Å²) in [5, 5.41) is 0. The van der Waals surface area contributed by atoms with E-state index in [4.69, 9.17) is 6.42 Å². The van der Waals surface area contributed by atoms with Crippen molar-refractivity contribution in [2.24, 2.45) is 0 Å². The van der Waals surface area contributed by atoms with E-state index in [9.17, 15) is 0 Å². The highest BCUT2D eigenvalue weighted by Crippen LogP contribution is 2.16. The summed E-state index contributed by atoms with van der Waals surface area (Å²) >= 11 is 3.53. The molecule has 0 fully saturated rings. The van der Waals surface area contributed by atoms with Gasteiger partial charge in [-0.1, -0.05) is 55.0 Å². The second-order valence-corrected chi connectivity index (χ2v) is 5.99. The Labute approximate surface area is 149 Å². The first kappa shape index (κ1) is 21.6. The normalized spacial score (nSPS) is 9.48. The van der Waals surface area contributed by atoms with E-state index in [1.807, 2.05) is 12.1 Å². The van der Waals surface area contributed by atoms with Crippen molar-refractivity contribution in [1.82, 2.24) is 0 Å². The SMILES string of the molecule is C#Cc1ccc(CC(=C)CCCCCCCC(=C)C)cc1.CS. The molecule has 0 aliphatic rings. The third-order valence-corrected chi connectivity index (χ3v) is 3.71. The Morgan fingerprint density at radius 3 is 2.00 bits per heavy atom. The molecule has 0 atom stereocenters. The average Bonchev–Trinajstić information content (AvgIpc) is 2.56. The molecule has 0 spiro atoms. The fraction of sp³-hybridized carbons (Fsp3) is 0.455. The van der Waals surface area contributed by atoms with Crippen molar-refractivity contribution in [1.29, 1.82) is 0 Å². The van der Waals surface area contributed by atoms with E-state index in [0.717, 1.165) is 18.4 Å². The fourth-order valence-corrected chi connectivity index (χ4v) is 2.43. The smallest absolute Gasteiger partial charge is 0.0242 e. The zero-order chi connectivity index (χ0) is 17.5. The first-order valence-corrected chi connectivity index (χ1v) is 9.32. The molecule has 0 amide bonds. The van der Waals surface area contributed by atoms with Crippen LogP contribution in [0.15, 0.2) is 48.6 Å². The molecule has 0 radical (unpaired) electrons. The van der Waals surface area contributed by atoms with E-state index >= 15 is 0 Å². The molecule has 23 heavy (non-hydrogen) atoms. The van der Waals surface area contributed by atoms with Gasteiger partial charge in [-0.3, -0.25) is 0 Å². The molecule has 0 nitrogen and oxygen atoms in total. The van der Waals surface area contributed by atoms with E-state index in [2.05, 4.69) is 50.8 Å². The number of hydrogen-bond acceptors (Lipinski definition) is 1. The van der Waals surface area contributed by atoms with Crippen LogP contribution >= 0.6 is 12.6 Å². The van der Waals surface area contributed by atoms with Crippen LogP contribution in [-0.4, -0.2) is 6.26 Å². The standard InChI is InChI=1S/C21H28.CH4S/c1-5-20-13-15-21(16-14-20)17-19(4)12-10-8-6-7-9-11-18(2)3;1-2/h1,13-16H,2,4,6-12,17H2,3H3;2H,1H3. The minimum Gasteiger partial charge on any atom is -0.183 e. The third kappa shape index (κ3) is 11.8. The molecule has 126 valence electrons. The molecule has 1 aromatic carbocycles. The van der Waals surface area contributed by atoms with E-state index in [1.165, 1.54) is 55.2 Å². The Hall–Kier alpha value is -1.39. The molecular formula is C22H32S. The molecular weight excluding hydrogens is 296 g/mol. The number of unbranched alkanes of at least 4 members (excludes halogenated alkanes) is 4. The lowest BCUT2D eigenvalue weighted by molar-refractivity contribution is 0.609. The fourth-order valence-electron chi connectivity index (χ4n) is 2.43. The average molecular weight is 329 g/mol. The van der Waals surface area contributed by atoms with Crippen LogP contribution in [0.25, 0.3) is 0 Å². The van der Waals surface area contributed by atoms with Gasteiger partial charge in [-0.15, -0.1) is 13.0 Å². The molecule has 0 unspecified atom stereocenters. The van der Waals surface area contributed by atoms with Crippen molar-refractivity contribution >= 4 is 12.6 Å². The van der Waals surface area contributed by atoms with Gasteiger partial charge in [0.25, 0.3) is 0 Å². The quantitative estimate of drug-likeness (QED) is 0.212. The highest BCUT2D eigenvalue weighted by molar-refractivity contribution is 7.79. The summed E-state index contributed by atoms with van der Waals surface area (Å²) < 4.78 is 0. The summed E-state index contributed by atoms with van der Waals surface area (Å²) in [6.45, 7) is 10.2. The Morgan fingerprint density at radius 1 is 0.957 bits per heavy atom. The maximum atomic E-state index is 5.36. The largest absolute Gasteiger partial charge is 0.183 e. The zero-order valence-electron chi connectivity index (χ0n) is 14.9. The third-order valence-electron chi connectivity index (χ3n) is 3.71. The summed E-state index contributed by atoms with van der Waals surface area (Å²) in [7, 11) is 0. The van der Waals surface area contributed by atoms with Crippen molar-refractivity contribution in [3.63, 3.8) is 0 Å². The first-order valence-electron chi connectivity index (χ1n) is 8.43. The lowest BCUT2D eigenvalue weighted by Crippen LogP contribution is -1.90. The summed E-state index contributed by atoms with van der Waals surface area (Å²) in [5.41, 5.74) is 4.88. The van der Waals surface area contributed by atoms with Crippen LogP contribution in [0.2, 0.25) is 0 Å². The number of thiol groups is 1. The Bertz CT molecular complexity index is 488. The van der Waals surface area contributed by atoms with Crippen molar-refractivity contribution in [3.8, 4) is 12.3 Å². The number of rotatable bonds is 10. The lowest BCUT2D eigenvalue weighted by atomic mass is 9.99. The number of benzene rings is 1. The molecule has 0 bridgehead atoms. The van der Waals surface area contributed by atoms with Crippen molar-refractivity contribution < 1.29 is 0 Å². The Balaban J connectivity index is 0.00000232. The summed E-state index contributed by atoms with van der Waals surface area (Å²) in [6.07, 6.45) is 16.9. The van der Waals surface area contributed by atoms with Gasteiger partial charge < -0.3 is 0 Å². The number of hydrogen-bond donors (Lipinski definition) is 1. The Kier molecular flexibility index (Phi) is 13.4. The molecule has 1 aromatic rings. The monoisotopic (exact) mass is 328 g/mol. The zero-order valence-corrected chi connectivity index (χ0v) is 15.8. The second-order valence-electron chi connectivity index (χ2n) is 5.99. The van der Waals surface area contributed by atoms with Gasteiger partial charge in [0.05, 0.1) is 0 Å². The molecule has 0 saturated carbocycles. The molecule has 0 heterocycles. The molecule has 0 aliphatic heterocycles. The highest BCUT2D eigenvalue weighted by Gasteiger charge is 1.99. The molecule has 0 saturated heterocycles. The van der Waals surface area contributed by atoms with Crippen molar-refractivity contribution in [2.75, 3.05) is 6.26 Å². The van der Waals surface area contributed by atoms with Gasteiger partial charge in [0.1, 0.15) is 0 Å². The lowest BCUT2D eigenvalue weighted by Gasteiger charge is -2.06. The summed E-state index contributed by atoms with van der Waals surface area (Å²) in [4.78, 5) is 0. The first-order chi connectivity index (χ1) is 11.1. The maximum absolute atomic E-state index is 5.36. The van der Waals surface area contributed by atoms with Crippen molar-refractivity contribution in [3.05, 3.63) is 59.7 Å². The minimum atomic E-state index is 0.944. The van der Waals surface area contributed by atoms with Gasteiger partial charge in [0, 0.05) is 5.56 Å². The number of allylic oxidation sites excluding steroid dienone is 2. The van der Waals surface area contributed by atoms with Crippen LogP contribution in [0, 0.1) is 12.3 Å². The predicted molar refractivity (Wildman–Crippen MR) is 109 cm³/mol. The maximum Gasteiger partial charge on any atom is 0.0242 e. The van der Waals surface area contributed by atoms with Crippen LogP contribution in [0.4, 0.5) is 0 Å². The van der Waals surface area contributed by atoms with E-state index in [0.29, 0.717) is 0 Å². The van der Waals surface area contributed by atoms with Gasteiger partial charge >= 0.3 is 0 Å². The molecule has 0 aromatic heterocycles. The Morgan fingerprint density at radius 2 is 1.48 bits per heavy atom. The van der Waals surface area contributed by atoms with Crippen LogP contribution < -0.4 is 0 Å². The van der Waals surface area contributed by atoms with Gasteiger partial charge in [0.2, 0.25) is 0 Å². The van der Waals surface area contributed by atoms with E-state index in [-0.39, 0.29) is 0 Å².